The fourth-order valence-corrected chi connectivity index (χ4v) is 21.2. The fourth-order valence-electron chi connectivity index (χ4n) is 21.2. The van der Waals surface area contributed by atoms with Gasteiger partial charge >= 0.3 is 29.8 Å². The molecule has 0 amide bonds. The number of halogens is 2. The highest BCUT2D eigenvalue weighted by molar-refractivity contribution is 5.86. The van der Waals surface area contributed by atoms with E-state index in [0.29, 0.717) is 57.8 Å². The van der Waals surface area contributed by atoms with Crippen molar-refractivity contribution in [2.45, 2.75) is 260 Å². The van der Waals surface area contributed by atoms with Crippen molar-refractivity contribution in [3.63, 3.8) is 0 Å². The third kappa shape index (κ3) is 11.2. The third-order valence-corrected chi connectivity index (χ3v) is 25.9. The Morgan fingerprint density at radius 3 is 1.82 bits per heavy atom. The molecule has 26 nitrogen and oxygen atoms in total. The van der Waals surface area contributed by atoms with Crippen LogP contribution in [-0.4, -0.2) is 226 Å². The van der Waals surface area contributed by atoms with Gasteiger partial charge < -0.3 is 94.1 Å². The van der Waals surface area contributed by atoms with Gasteiger partial charge in [-0.15, -0.1) is 0 Å². The second kappa shape index (κ2) is 25.1. The number of esters is 3. The molecule has 0 bridgehead atoms. The van der Waals surface area contributed by atoms with Crippen molar-refractivity contribution < 1.29 is 136 Å². The number of carbonyl (C=O) groups excluding carboxylic acids is 5. The predicted molar refractivity (Wildman–Crippen MR) is 303 cm³/mol. The smallest absolute Gasteiger partial charge is 0.338 e. The summed E-state index contributed by atoms with van der Waals surface area (Å²) in [6, 6.07) is 0. The maximum atomic E-state index is 17.3. The molecular weight excluding hydrogens is 1220 g/mol. The van der Waals surface area contributed by atoms with Crippen LogP contribution in [0.2, 0.25) is 0 Å². The largest absolute Gasteiger partial charge is 0.479 e. The van der Waals surface area contributed by atoms with E-state index in [4.69, 9.17) is 37.9 Å². The first-order chi connectivity index (χ1) is 43.1. The number of carboxylic acid groups (broad SMARTS) is 2. The molecule has 0 aromatic carbocycles. The lowest BCUT2D eigenvalue weighted by atomic mass is 9.43. The van der Waals surface area contributed by atoms with E-state index in [-0.39, 0.29) is 79.2 Å². The first-order valence-electron chi connectivity index (χ1n) is 32.8. The normalized spacial score (nSPS) is 52.1. The number of aliphatic hydroxyl groups is 9. The Balaban J connectivity index is 0.927. The monoisotopic (exact) mass is 1310 g/mol. The molecule has 3 saturated heterocycles. The molecule has 11 aliphatic rings. The SMILES string of the molecule is CC(=O)OCC(=O)[C@H]1CC[C@H]2[C@@H]3CC[C@@H]4C[C@@H](OC5O[C@H](C(=O)O)[C@@H](O)[C@H](OC(=O)[C@H]6OC(O)[C@H](O)[C@H](O)[C@@H]6O)[C@H]5OC5([C@@]6(O)CC[C@@]7(C)C(CCC8C7C[C@H](F)[C@@]7(C)C8CC[C@@H]7C(=O)COC(C)=O)C6)O[C@H](C(=O)O)[C@@H](O)[C@H](O)[C@H]5O)CC[C@]4(C)[C@H]3[C@H](F)C[C@]12C. The minimum Gasteiger partial charge on any atom is -0.479 e. The standard InChI is InChI=1S/C64H92F2O26/c1-25(67)85-23-38(69)34-13-11-32-31-10-7-27-19-29(15-16-60(27,4)41(31)37(65)22-61(32,34)5)87-58-52(48(47(76)49(90-58)54(78)79)88-57(83)51-43(72)42(71)46(75)56(82)89-51)92-64(53(77)45(74)44(73)50(91-64)55(80)81)63(84)18-17-59(3)28(21-63)8-9-30-33-12-14-35(39(70)24-86-26(2)68)62(33,6)40(66)20-36(30)59/h27-37,40-53,56,58,71-77,82,84H,7-24H2,1-6H3,(H,78,79)(H,80,81)/t27-,28?,29+,30?,31+,32+,33?,34-,35-,36?,37-,40+,41-,42-,43+,44+,45+,46-,47+,48+,49+,50+,51+,52-,53-,56?,58?,59+,60+,61+,62+,63-,64?/m1/s1. The number of rotatable bonds is 15. The van der Waals surface area contributed by atoms with Gasteiger partial charge in [0.1, 0.15) is 73.9 Å². The van der Waals surface area contributed by atoms with Crippen LogP contribution in [0.25, 0.3) is 0 Å². The van der Waals surface area contributed by atoms with Gasteiger partial charge in [0.05, 0.1) is 6.10 Å². The molecule has 8 aliphatic carbocycles. The number of aliphatic carboxylic acids is 2. The van der Waals surface area contributed by atoms with E-state index < -0.39 is 217 Å². The quantitative estimate of drug-likeness (QED) is 0.0621. The molecule has 11 fully saturated rings. The van der Waals surface area contributed by atoms with Crippen LogP contribution in [0.4, 0.5) is 8.78 Å². The van der Waals surface area contributed by atoms with E-state index in [1.165, 1.54) is 13.8 Å². The zero-order valence-electron chi connectivity index (χ0n) is 52.6. The van der Waals surface area contributed by atoms with Gasteiger partial charge in [0.15, 0.2) is 54.7 Å². The molecule has 33 atom stereocenters. The lowest BCUT2D eigenvalue weighted by molar-refractivity contribution is -0.449. The summed E-state index contributed by atoms with van der Waals surface area (Å²) in [5.41, 5.74) is -6.01. The number of fused-ring (bicyclic) bond motifs is 10. The Bertz CT molecular complexity index is 2850. The second-order valence-corrected chi connectivity index (χ2v) is 30.2. The Morgan fingerprint density at radius 1 is 0.554 bits per heavy atom. The van der Waals surface area contributed by atoms with Crippen molar-refractivity contribution in [1.29, 1.82) is 0 Å². The summed E-state index contributed by atoms with van der Waals surface area (Å²) in [4.78, 5) is 91.3. The molecule has 0 spiro atoms. The van der Waals surface area contributed by atoms with Crippen LogP contribution in [0.3, 0.4) is 0 Å². The summed E-state index contributed by atoms with van der Waals surface area (Å²) >= 11 is 0. The number of Topliss-reactive ketones (excluding diaryl/α,β-unsaturated/α-hetero) is 2. The molecule has 518 valence electrons. The van der Waals surface area contributed by atoms with Crippen LogP contribution < -0.4 is 0 Å². The Labute approximate surface area is 530 Å². The van der Waals surface area contributed by atoms with Crippen molar-refractivity contribution in [3.05, 3.63) is 0 Å². The topological polar surface area (TPSA) is 416 Å². The minimum atomic E-state index is -3.32. The van der Waals surface area contributed by atoms with Gasteiger partial charge in [0.2, 0.25) is 5.79 Å². The van der Waals surface area contributed by atoms with Gasteiger partial charge in [-0.05, 0) is 166 Å². The zero-order valence-corrected chi connectivity index (χ0v) is 52.6. The molecule has 11 N–H and O–H groups in total. The predicted octanol–water partition coefficient (Wildman–Crippen LogP) is 1.11. The van der Waals surface area contributed by atoms with E-state index in [1.807, 2.05) is 20.8 Å². The summed E-state index contributed by atoms with van der Waals surface area (Å²) in [6.07, 6.45) is -34.0. The van der Waals surface area contributed by atoms with Crippen LogP contribution in [0.1, 0.15) is 144 Å². The van der Waals surface area contributed by atoms with E-state index in [1.54, 1.807) is 6.92 Å². The summed E-state index contributed by atoms with van der Waals surface area (Å²) in [5.74, 6) is -14.4. The van der Waals surface area contributed by atoms with Gasteiger partial charge in [-0.3, -0.25) is 19.2 Å². The molecule has 0 radical (unpaired) electrons. The summed E-state index contributed by atoms with van der Waals surface area (Å²) < 4.78 is 81.6. The Kier molecular flexibility index (Phi) is 18.9. The molecule has 11 rings (SSSR count). The van der Waals surface area contributed by atoms with Crippen molar-refractivity contribution in [1.82, 2.24) is 0 Å². The fraction of sp³-hybridized carbons (Fsp3) is 0.891. The maximum absolute atomic E-state index is 17.3. The molecule has 7 unspecified atom stereocenters. The van der Waals surface area contributed by atoms with Crippen molar-refractivity contribution in [2.75, 3.05) is 13.2 Å². The molecular formula is C64H92F2O26. The number of carbonyl (C=O) groups is 7. The van der Waals surface area contributed by atoms with Gasteiger partial charge in [-0.2, -0.15) is 0 Å². The second-order valence-electron chi connectivity index (χ2n) is 30.2. The van der Waals surface area contributed by atoms with Crippen molar-refractivity contribution in [2.24, 2.45) is 80.8 Å². The number of hydrogen-bond donors (Lipinski definition) is 11. The highest BCUT2D eigenvalue weighted by Gasteiger charge is 2.74. The molecule has 3 aliphatic heterocycles. The average molecular weight is 1320 g/mol. The number of carboxylic acids is 2. The molecule has 3 heterocycles. The molecule has 28 heteroatoms. The highest BCUT2D eigenvalue weighted by atomic mass is 19.1. The molecule has 0 aromatic heterocycles. The number of ether oxygens (including phenoxy) is 8. The van der Waals surface area contributed by atoms with E-state index in [2.05, 4.69) is 0 Å². The lowest BCUT2D eigenvalue weighted by Crippen LogP contribution is -2.78. The van der Waals surface area contributed by atoms with Gasteiger partial charge in [-0.1, -0.05) is 27.7 Å². The number of hydrogen-bond acceptors (Lipinski definition) is 24. The van der Waals surface area contributed by atoms with Crippen LogP contribution in [-0.2, 0) is 71.5 Å². The van der Waals surface area contributed by atoms with Crippen LogP contribution in [0.15, 0.2) is 0 Å². The molecule has 8 saturated carbocycles. The maximum Gasteiger partial charge on any atom is 0.338 e. The van der Waals surface area contributed by atoms with Crippen LogP contribution >= 0.6 is 0 Å². The van der Waals surface area contributed by atoms with Crippen LogP contribution in [0, 0.1) is 80.8 Å². The van der Waals surface area contributed by atoms with Crippen LogP contribution in [0.5, 0.6) is 0 Å². The first-order valence-corrected chi connectivity index (χ1v) is 32.8. The van der Waals surface area contributed by atoms with Gasteiger partial charge in [-0.25, -0.2) is 23.2 Å². The van der Waals surface area contributed by atoms with Gasteiger partial charge in [0.25, 0.3) is 0 Å². The van der Waals surface area contributed by atoms with E-state index in [9.17, 15) is 89.7 Å². The van der Waals surface area contributed by atoms with Crippen molar-refractivity contribution >= 4 is 41.4 Å². The average Bonchev–Trinajstić information content (AvgIpc) is 0.951. The Hall–Kier alpha value is -4.01. The van der Waals surface area contributed by atoms with Gasteiger partial charge in [0, 0.05) is 31.1 Å². The lowest BCUT2D eigenvalue weighted by Gasteiger charge is -2.65. The third-order valence-electron chi connectivity index (χ3n) is 25.9. The summed E-state index contributed by atoms with van der Waals surface area (Å²) in [7, 11) is 0. The van der Waals surface area contributed by atoms with Crippen molar-refractivity contribution in [3.8, 4) is 0 Å². The van der Waals surface area contributed by atoms with E-state index >= 15 is 8.78 Å². The number of alkyl halides is 2. The first kappa shape index (κ1) is 69.3. The Morgan fingerprint density at radius 2 is 1.16 bits per heavy atom. The summed E-state index contributed by atoms with van der Waals surface area (Å²) in [6.45, 7) is 9.15. The zero-order chi connectivity index (χ0) is 67.0. The van der Waals surface area contributed by atoms with E-state index in [0.717, 1.165) is 0 Å². The molecule has 92 heavy (non-hydrogen) atoms. The summed E-state index contributed by atoms with van der Waals surface area (Å²) in [5, 5.41) is 126. The minimum absolute atomic E-state index is 0.00668. The molecule has 0 aromatic rings. The number of aliphatic hydroxyl groups excluding tert-OH is 8. The highest BCUT2D eigenvalue weighted by Crippen LogP contribution is 2.71. The number of ketones is 2.